The van der Waals surface area contributed by atoms with E-state index in [1.807, 2.05) is 0 Å². The maximum Gasteiger partial charge on any atom is 0.427 e. The van der Waals surface area contributed by atoms with E-state index in [1.54, 1.807) is 0 Å². The van der Waals surface area contributed by atoms with Crippen LogP contribution in [0, 0.1) is 6.92 Å². The molecule has 1 aromatic carbocycles. The molecule has 1 atom stereocenters. The number of halogens is 4. The molecule has 0 heterocycles. The summed E-state index contributed by atoms with van der Waals surface area (Å²) in [4.78, 5) is 10.4. The minimum atomic E-state index is -5.26. The molecule has 0 aliphatic carbocycles. The van der Waals surface area contributed by atoms with Crippen molar-refractivity contribution >= 4 is 5.97 Å². The fourth-order valence-corrected chi connectivity index (χ4v) is 1.47. The van der Waals surface area contributed by atoms with E-state index in [4.69, 9.17) is 5.11 Å². The summed E-state index contributed by atoms with van der Waals surface area (Å²) in [6, 6.07) is 4.69. The third-order valence-electron chi connectivity index (χ3n) is 2.32. The molecule has 1 N–H and O–H groups in total. The minimum absolute atomic E-state index is 0.430. The molecule has 2 nitrogen and oxygen atoms in total. The smallest absolute Gasteiger partial charge is 0.427 e. The molecular weight excluding hydrogens is 240 g/mol. The van der Waals surface area contributed by atoms with E-state index in [2.05, 4.69) is 0 Å². The first-order valence-electron chi connectivity index (χ1n) is 4.71. The van der Waals surface area contributed by atoms with Crippen molar-refractivity contribution in [3.05, 3.63) is 35.4 Å². The number of alkyl halides is 4. The third kappa shape index (κ3) is 2.75. The fraction of sp³-hybridized carbons (Fsp3) is 0.364. The van der Waals surface area contributed by atoms with Gasteiger partial charge in [-0.05, 0) is 12.5 Å². The molecule has 0 saturated heterocycles. The second-order valence-electron chi connectivity index (χ2n) is 3.74. The Morgan fingerprint density at radius 1 is 1.29 bits per heavy atom. The Labute approximate surface area is 94.9 Å². The molecule has 0 aliphatic rings. The summed E-state index contributed by atoms with van der Waals surface area (Å²) in [7, 11) is 0. The maximum atomic E-state index is 14.0. The highest BCUT2D eigenvalue weighted by Gasteiger charge is 2.58. The molecule has 0 spiro atoms. The van der Waals surface area contributed by atoms with Crippen molar-refractivity contribution < 1.29 is 27.5 Å². The van der Waals surface area contributed by atoms with Crippen molar-refractivity contribution in [3.63, 3.8) is 0 Å². The Balaban J connectivity index is 3.29. The van der Waals surface area contributed by atoms with Gasteiger partial charge in [-0.15, -0.1) is 0 Å². The van der Waals surface area contributed by atoms with Crippen LogP contribution in [0.1, 0.15) is 17.5 Å². The number of aryl methyl sites for hydroxylation is 1. The van der Waals surface area contributed by atoms with Crippen molar-refractivity contribution in [1.82, 2.24) is 0 Å². The van der Waals surface area contributed by atoms with Crippen LogP contribution >= 0.6 is 0 Å². The quantitative estimate of drug-likeness (QED) is 0.836. The van der Waals surface area contributed by atoms with Gasteiger partial charge in [-0.2, -0.15) is 13.2 Å². The average Bonchev–Trinajstić information content (AvgIpc) is 2.14. The van der Waals surface area contributed by atoms with Crippen LogP contribution < -0.4 is 0 Å². The molecule has 1 rings (SSSR count). The maximum absolute atomic E-state index is 14.0. The lowest BCUT2D eigenvalue weighted by Crippen LogP contribution is -2.40. The monoisotopic (exact) mass is 250 g/mol. The summed E-state index contributed by atoms with van der Waals surface area (Å²) in [5.74, 6) is -1.84. The number of rotatable bonds is 3. The topological polar surface area (TPSA) is 37.3 Å². The summed E-state index contributed by atoms with van der Waals surface area (Å²) >= 11 is 0. The normalized spacial score (nSPS) is 15.4. The SMILES string of the molecule is Cc1cccc(C(F)(CC(=O)O)C(F)(F)F)c1. The van der Waals surface area contributed by atoms with Gasteiger partial charge in [0.15, 0.2) is 0 Å². The Morgan fingerprint density at radius 3 is 2.29 bits per heavy atom. The molecule has 0 saturated carbocycles. The molecule has 94 valence electrons. The number of carboxylic acid groups (broad SMARTS) is 1. The van der Waals surface area contributed by atoms with E-state index in [0.29, 0.717) is 5.56 Å². The number of hydrogen-bond acceptors (Lipinski definition) is 1. The summed E-state index contributed by atoms with van der Waals surface area (Å²) in [5, 5.41) is 8.40. The predicted octanol–water partition coefficient (Wildman–Crippen LogP) is 3.20. The van der Waals surface area contributed by atoms with Crippen molar-refractivity contribution in [2.45, 2.75) is 25.2 Å². The number of carboxylic acids is 1. The first-order chi connectivity index (χ1) is 7.67. The molecule has 0 fully saturated rings. The van der Waals surface area contributed by atoms with Crippen LogP contribution in [0.5, 0.6) is 0 Å². The lowest BCUT2D eigenvalue weighted by molar-refractivity contribution is -0.239. The second-order valence-corrected chi connectivity index (χ2v) is 3.74. The molecule has 0 radical (unpaired) electrons. The number of hydrogen-bond donors (Lipinski definition) is 1. The third-order valence-corrected chi connectivity index (χ3v) is 2.32. The van der Waals surface area contributed by atoms with Crippen LogP contribution in [0.4, 0.5) is 17.6 Å². The van der Waals surface area contributed by atoms with Gasteiger partial charge in [0.2, 0.25) is 5.67 Å². The average molecular weight is 250 g/mol. The first-order valence-corrected chi connectivity index (χ1v) is 4.71. The summed E-state index contributed by atoms with van der Waals surface area (Å²) in [6.07, 6.45) is -6.90. The Hall–Kier alpha value is -1.59. The molecule has 0 aliphatic heterocycles. The molecule has 6 heteroatoms. The minimum Gasteiger partial charge on any atom is -0.481 e. The number of carbonyl (C=O) groups is 1. The van der Waals surface area contributed by atoms with E-state index >= 15 is 0 Å². The zero-order chi connectivity index (χ0) is 13.3. The van der Waals surface area contributed by atoms with Crippen molar-refractivity contribution in [3.8, 4) is 0 Å². The first kappa shape index (κ1) is 13.5. The van der Waals surface area contributed by atoms with Crippen molar-refractivity contribution in [2.24, 2.45) is 0 Å². The molecule has 0 aromatic heterocycles. The van der Waals surface area contributed by atoms with Crippen LogP contribution in [-0.4, -0.2) is 17.3 Å². The zero-order valence-corrected chi connectivity index (χ0v) is 8.88. The van der Waals surface area contributed by atoms with Crippen LogP contribution in [0.3, 0.4) is 0 Å². The predicted molar refractivity (Wildman–Crippen MR) is 52.3 cm³/mol. The van der Waals surface area contributed by atoms with Gasteiger partial charge in [-0.25, -0.2) is 4.39 Å². The number of aliphatic carboxylic acids is 1. The van der Waals surface area contributed by atoms with Crippen LogP contribution in [0.2, 0.25) is 0 Å². The Kier molecular flexibility index (Phi) is 3.45. The molecule has 1 aromatic rings. The standard InChI is InChI=1S/C11H10F4O2/c1-7-3-2-4-8(5-7)10(12,6-9(16)17)11(13,14)15/h2-5H,6H2,1H3,(H,16,17). The summed E-state index contributed by atoms with van der Waals surface area (Å²) in [5.41, 5.74) is -4.11. The lowest BCUT2D eigenvalue weighted by Gasteiger charge is -2.27. The molecule has 1 unspecified atom stereocenters. The summed E-state index contributed by atoms with van der Waals surface area (Å²) < 4.78 is 51.9. The van der Waals surface area contributed by atoms with Gasteiger partial charge in [0.25, 0.3) is 0 Å². The van der Waals surface area contributed by atoms with E-state index in [0.717, 1.165) is 12.1 Å². The van der Waals surface area contributed by atoms with Crippen molar-refractivity contribution in [2.75, 3.05) is 0 Å². The van der Waals surface area contributed by atoms with E-state index in [9.17, 15) is 22.4 Å². The van der Waals surface area contributed by atoms with Gasteiger partial charge in [0.1, 0.15) is 0 Å². The van der Waals surface area contributed by atoms with Crippen LogP contribution in [0.25, 0.3) is 0 Å². The van der Waals surface area contributed by atoms with Gasteiger partial charge >= 0.3 is 12.1 Å². The lowest BCUT2D eigenvalue weighted by atomic mass is 9.90. The van der Waals surface area contributed by atoms with Crippen molar-refractivity contribution in [1.29, 1.82) is 0 Å². The summed E-state index contributed by atoms with van der Waals surface area (Å²) in [6.45, 7) is 1.50. The van der Waals surface area contributed by atoms with Gasteiger partial charge < -0.3 is 5.11 Å². The van der Waals surface area contributed by atoms with E-state index < -0.39 is 29.8 Å². The van der Waals surface area contributed by atoms with Gasteiger partial charge in [-0.3, -0.25) is 4.79 Å². The Bertz CT molecular complexity index is 428. The Morgan fingerprint density at radius 2 is 1.88 bits per heavy atom. The van der Waals surface area contributed by atoms with Gasteiger partial charge in [0, 0.05) is 0 Å². The van der Waals surface area contributed by atoms with Gasteiger partial charge in [-0.1, -0.05) is 29.8 Å². The zero-order valence-electron chi connectivity index (χ0n) is 8.88. The van der Waals surface area contributed by atoms with E-state index in [1.165, 1.54) is 19.1 Å². The van der Waals surface area contributed by atoms with Crippen LogP contribution in [-0.2, 0) is 10.5 Å². The molecule has 0 bridgehead atoms. The fourth-order valence-electron chi connectivity index (χ4n) is 1.47. The second kappa shape index (κ2) is 4.35. The van der Waals surface area contributed by atoms with Crippen LogP contribution in [0.15, 0.2) is 24.3 Å². The number of benzene rings is 1. The molecule has 0 amide bonds. The van der Waals surface area contributed by atoms with E-state index in [-0.39, 0.29) is 0 Å². The highest BCUT2D eigenvalue weighted by molar-refractivity contribution is 5.69. The highest BCUT2D eigenvalue weighted by atomic mass is 19.4. The molecule has 17 heavy (non-hydrogen) atoms. The highest BCUT2D eigenvalue weighted by Crippen LogP contribution is 2.45. The van der Waals surface area contributed by atoms with Gasteiger partial charge in [0.05, 0.1) is 6.42 Å². The molecular formula is C11H10F4O2. The largest absolute Gasteiger partial charge is 0.481 e.